The van der Waals surface area contributed by atoms with Gasteiger partial charge in [0.05, 0.1) is 5.69 Å². The second kappa shape index (κ2) is 2.87. The molecule has 2 N–H and O–H groups in total. The molecule has 2 aromatic rings. The molecular formula is C9H9NO2. The van der Waals surface area contributed by atoms with Gasteiger partial charge in [-0.3, -0.25) is 0 Å². The van der Waals surface area contributed by atoms with E-state index in [-0.39, 0.29) is 6.61 Å². The number of aliphatic hydroxyl groups excluding tert-OH is 1. The van der Waals surface area contributed by atoms with E-state index < -0.39 is 0 Å². The fourth-order valence-electron chi connectivity index (χ4n) is 1.09. The summed E-state index contributed by atoms with van der Waals surface area (Å²) in [5.41, 5.74) is 0.926. The van der Waals surface area contributed by atoms with Crippen molar-refractivity contribution in [1.29, 1.82) is 0 Å². The first-order chi connectivity index (χ1) is 5.90. The normalized spacial score (nSPS) is 10.4. The van der Waals surface area contributed by atoms with Gasteiger partial charge in [-0.05, 0) is 24.3 Å². The van der Waals surface area contributed by atoms with Gasteiger partial charge in [0.2, 0.25) is 0 Å². The molecule has 0 bridgehead atoms. The molecule has 0 fully saturated rings. The van der Waals surface area contributed by atoms with Gasteiger partial charge in [-0.2, -0.15) is 0 Å². The van der Waals surface area contributed by atoms with E-state index in [0.717, 1.165) is 11.5 Å². The van der Waals surface area contributed by atoms with Crippen molar-refractivity contribution in [3.05, 3.63) is 36.2 Å². The molecule has 12 heavy (non-hydrogen) atoms. The van der Waals surface area contributed by atoms with Crippen LogP contribution in [0.3, 0.4) is 0 Å². The Balaban J connectivity index is 2.35. The van der Waals surface area contributed by atoms with Crippen molar-refractivity contribution in [1.82, 2.24) is 4.98 Å². The Morgan fingerprint density at radius 2 is 2.25 bits per heavy atom. The fraction of sp³-hybridized carbons (Fsp3) is 0.111. The monoisotopic (exact) mass is 163 g/mol. The van der Waals surface area contributed by atoms with Gasteiger partial charge >= 0.3 is 0 Å². The maximum Gasteiger partial charge on any atom is 0.150 e. The van der Waals surface area contributed by atoms with Crippen LogP contribution in [0.2, 0.25) is 0 Å². The lowest BCUT2D eigenvalue weighted by Crippen LogP contribution is -1.74. The number of hydrogen-bond acceptors (Lipinski definition) is 2. The van der Waals surface area contributed by atoms with E-state index in [2.05, 4.69) is 4.98 Å². The Morgan fingerprint density at radius 3 is 2.83 bits per heavy atom. The topological polar surface area (TPSA) is 49.2 Å². The molecule has 0 amide bonds. The van der Waals surface area contributed by atoms with Gasteiger partial charge < -0.3 is 14.5 Å². The lowest BCUT2D eigenvalue weighted by atomic mass is 10.3. The van der Waals surface area contributed by atoms with Crippen LogP contribution in [0.15, 0.2) is 34.9 Å². The van der Waals surface area contributed by atoms with Gasteiger partial charge in [0.15, 0.2) is 5.76 Å². The molecule has 62 valence electrons. The van der Waals surface area contributed by atoms with Crippen molar-refractivity contribution in [2.45, 2.75) is 6.61 Å². The summed E-state index contributed by atoms with van der Waals surface area (Å²) in [5, 5.41) is 8.74. The van der Waals surface area contributed by atoms with E-state index in [0.29, 0.717) is 5.76 Å². The summed E-state index contributed by atoms with van der Waals surface area (Å²) in [6.45, 7) is -0.0549. The predicted molar refractivity (Wildman–Crippen MR) is 44.4 cm³/mol. The molecule has 0 radical (unpaired) electrons. The minimum absolute atomic E-state index is 0.0549. The Morgan fingerprint density at radius 1 is 1.33 bits per heavy atom. The molecule has 2 rings (SSSR count). The van der Waals surface area contributed by atoms with E-state index in [1.165, 1.54) is 0 Å². The van der Waals surface area contributed by atoms with Crippen molar-refractivity contribution >= 4 is 0 Å². The molecule has 0 saturated carbocycles. The van der Waals surface area contributed by atoms with Gasteiger partial charge in [-0.25, -0.2) is 0 Å². The van der Waals surface area contributed by atoms with Crippen molar-refractivity contribution in [2.75, 3.05) is 0 Å². The van der Waals surface area contributed by atoms with E-state index in [4.69, 9.17) is 9.52 Å². The second-order valence-corrected chi connectivity index (χ2v) is 2.51. The van der Waals surface area contributed by atoms with E-state index in [1.54, 1.807) is 6.07 Å². The zero-order valence-corrected chi connectivity index (χ0v) is 6.45. The summed E-state index contributed by atoms with van der Waals surface area (Å²) >= 11 is 0. The van der Waals surface area contributed by atoms with E-state index in [1.807, 2.05) is 24.4 Å². The highest BCUT2D eigenvalue weighted by Gasteiger charge is 2.02. The average Bonchev–Trinajstić information content (AvgIpc) is 2.75. The van der Waals surface area contributed by atoms with Crippen LogP contribution in [0.5, 0.6) is 0 Å². The summed E-state index contributed by atoms with van der Waals surface area (Å²) in [6.07, 6.45) is 1.83. The number of nitrogens with one attached hydrogen (secondary N) is 1. The highest BCUT2D eigenvalue weighted by molar-refractivity contribution is 5.52. The molecule has 0 aromatic carbocycles. The van der Waals surface area contributed by atoms with Gasteiger partial charge in [0, 0.05) is 6.20 Å². The fourth-order valence-corrected chi connectivity index (χ4v) is 1.09. The lowest BCUT2D eigenvalue weighted by molar-refractivity contribution is 0.248. The third-order valence-corrected chi connectivity index (χ3v) is 1.68. The van der Waals surface area contributed by atoms with Crippen LogP contribution in [-0.2, 0) is 6.61 Å². The first-order valence-corrected chi connectivity index (χ1v) is 3.73. The highest BCUT2D eigenvalue weighted by atomic mass is 16.4. The van der Waals surface area contributed by atoms with Crippen molar-refractivity contribution < 1.29 is 9.52 Å². The molecule has 2 heterocycles. The summed E-state index contributed by atoms with van der Waals surface area (Å²) in [4.78, 5) is 3.02. The zero-order chi connectivity index (χ0) is 8.39. The van der Waals surface area contributed by atoms with E-state index >= 15 is 0 Å². The standard InChI is InChI=1S/C9H9NO2/c11-6-7-3-4-9(12-7)8-2-1-5-10-8/h1-5,10-11H,6H2. The first-order valence-electron chi connectivity index (χ1n) is 3.73. The van der Waals surface area contributed by atoms with Crippen LogP contribution in [0.4, 0.5) is 0 Å². The summed E-state index contributed by atoms with van der Waals surface area (Å²) in [5.74, 6) is 1.34. The predicted octanol–water partition coefficient (Wildman–Crippen LogP) is 1.77. The van der Waals surface area contributed by atoms with Crippen LogP contribution in [0.1, 0.15) is 5.76 Å². The number of rotatable bonds is 2. The number of H-pyrrole nitrogens is 1. The van der Waals surface area contributed by atoms with Crippen molar-refractivity contribution in [2.24, 2.45) is 0 Å². The summed E-state index contributed by atoms with van der Waals surface area (Å²) in [7, 11) is 0. The molecule has 0 aliphatic rings. The van der Waals surface area contributed by atoms with Gasteiger partial charge in [-0.15, -0.1) is 0 Å². The lowest BCUT2D eigenvalue weighted by Gasteiger charge is -1.90. The first kappa shape index (κ1) is 7.18. The molecule has 0 spiro atoms. The maximum absolute atomic E-state index is 8.74. The second-order valence-electron chi connectivity index (χ2n) is 2.51. The van der Waals surface area contributed by atoms with Gasteiger partial charge in [0.1, 0.15) is 12.4 Å². The quantitative estimate of drug-likeness (QED) is 0.708. The van der Waals surface area contributed by atoms with Crippen molar-refractivity contribution in [3.63, 3.8) is 0 Å². The number of hydrogen-bond donors (Lipinski definition) is 2. The molecule has 3 heteroatoms. The maximum atomic E-state index is 8.74. The van der Waals surface area contributed by atoms with Gasteiger partial charge in [-0.1, -0.05) is 0 Å². The van der Waals surface area contributed by atoms with E-state index in [9.17, 15) is 0 Å². The molecule has 0 saturated heterocycles. The smallest absolute Gasteiger partial charge is 0.150 e. The number of aliphatic hydroxyl groups is 1. The Hall–Kier alpha value is -1.48. The summed E-state index contributed by atoms with van der Waals surface area (Å²) < 4.78 is 5.30. The highest BCUT2D eigenvalue weighted by Crippen LogP contribution is 2.19. The van der Waals surface area contributed by atoms with Crippen LogP contribution in [0.25, 0.3) is 11.5 Å². The molecule has 2 aromatic heterocycles. The zero-order valence-electron chi connectivity index (χ0n) is 6.45. The van der Waals surface area contributed by atoms with Crippen LogP contribution >= 0.6 is 0 Å². The minimum Gasteiger partial charge on any atom is -0.457 e. The molecular weight excluding hydrogens is 154 g/mol. The Bertz CT molecular complexity index is 348. The largest absolute Gasteiger partial charge is 0.457 e. The van der Waals surface area contributed by atoms with Crippen LogP contribution in [-0.4, -0.2) is 10.1 Å². The Labute approximate surface area is 69.7 Å². The molecule has 0 aliphatic heterocycles. The third-order valence-electron chi connectivity index (χ3n) is 1.68. The average molecular weight is 163 g/mol. The SMILES string of the molecule is OCc1ccc(-c2ccc[nH]2)o1. The van der Waals surface area contributed by atoms with Gasteiger partial charge in [0.25, 0.3) is 0 Å². The molecule has 3 nitrogen and oxygen atoms in total. The third kappa shape index (κ3) is 1.14. The molecule has 0 atom stereocenters. The number of aromatic nitrogens is 1. The van der Waals surface area contributed by atoms with Crippen LogP contribution < -0.4 is 0 Å². The Kier molecular flexibility index (Phi) is 1.72. The number of furan rings is 1. The molecule has 0 unspecified atom stereocenters. The summed E-state index contributed by atoms with van der Waals surface area (Å²) in [6, 6.07) is 7.41. The van der Waals surface area contributed by atoms with Crippen LogP contribution in [0, 0.1) is 0 Å². The number of aromatic amines is 1. The molecule has 0 aliphatic carbocycles. The van der Waals surface area contributed by atoms with Crippen molar-refractivity contribution in [3.8, 4) is 11.5 Å². The minimum atomic E-state index is -0.0549.